The van der Waals surface area contributed by atoms with E-state index in [1.54, 1.807) is 11.8 Å². The van der Waals surface area contributed by atoms with Gasteiger partial charge in [-0.05, 0) is 24.5 Å². The van der Waals surface area contributed by atoms with Crippen molar-refractivity contribution in [2.24, 2.45) is 0 Å². The van der Waals surface area contributed by atoms with E-state index in [2.05, 4.69) is 17.6 Å². The number of hydrogen-bond donors (Lipinski definition) is 0. The number of fused-ring (bicyclic) bond motifs is 1. The predicted octanol–water partition coefficient (Wildman–Crippen LogP) is 3.70. The Balaban J connectivity index is 2.15. The number of benzene rings is 1. The van der Waals surface area contributed by atoms with E-state index in [1.165, 1.54) is 0 Å². The maximum atomic E-state index is 5.46. The van der Waals surface area contributed by atoms with Gasteiger partial charge < -0.3 is 9.64 Å². The summed E-state index contributed by atoms with van der Waals surface area (Å²) in [5.74, 6) is 0.935. The zero-order valence-corrected chi connectivity index (χ0v) is 13.5. The van der Waals surface area contributed by atoms with Crippen LogP contribution in [0.5, 0.6) is 0 Å². The van der Waals surface area contributed by atoms with E-state index in [0.29, 0.717) is 0 Å². The van der Waals surface area contributed by atoms with Gasteiger partial charge in [0.1, 0.15) is 5.69 Å². The normalized spacial score (nSPS) is 16.0. The van der Waals surface area contributed by atoms with Crippen LogP contribution in [-0.4, -0.2) is 36.3 Å². The third-order valence-corrected chi connectivity index (χ3v) is 4.42. The standard InChI is InChI=1S/C17H19N3OS/c1-3-15(22-4-2)16-17(20-9-11-21-12-10-20)19-14-8-6-5-7-13(14)18-16/h3-8H,2,9-12H2,1H3/b15-3-. The highest BCUT2D eigenvalue weighted by molar-refractivity contribution is 8.10. The molecule has 2 heterocycles. The molecular formula is C17H19N3OS. The van der Waals surface area contributed by atoms with Gasteiger partial charge in [0.2, 0.25) is 0 Å². The monoisotopic (exact) mass is 313 g/mol. The van der Waals surface area contributed by atoms with Gasteiger partial charge in [-0.1, -0.05) is 36.5 Å². The van der Waals surface area contributed by atoms with E-state index < -0.39 is 0 Å². The summed E-state index contributed by atoms with van der Waals surface area (Å²) < 4.78 is 5.46. The van der Waals surface area contributed by atoms with Crippen molar-refractivity contribution < 1.29 is 4.74 Å². The maximum Gasteiger partial charge on any atom is 0.156 e. The van der Waals surface area contributed by atoms with Crippen molar-refractivity contribution in [3.8, 4) is 0 Å². The van der Waals surface area contributed by atoms with Gasteiger partial charge in [-0.15, -0.1) is 0 Å². The highest BCUT2D eigenvalue weighted by Gasteiger charge is 2.20. The zero-order valence-electron chi connectivity index (χ0n) is 12.7. The van der Waals surface area contributed by atoms with Crippen molar-refractivity contribution >= 4 is 33.5 Å². The fourth-order valence-electron chi connectivity index (χ4n) is 2.50. The number of thioether (sulfide) groups is 1. The molecule has 0 atom stereocenters. The summed E-state index contributed by atoms with van der Waals surface area (Å²) in [6.07, 6.45) is 2.06. The second kappa shape index (κ2) is 6.94. The van der Waals surface area contributed by atoms with Gasteiger partial charge in [0.25, 0.3) is 0 Å². The maximum absolute atomic E-state index is 5.46. The van der Waals surface area contributed by atoms with E-state index in [4.69, 9.17) is 14.7 Å². The average molecular weight is 313 g/mol. The lowest BCUT2D eigenvalue weighted by Crippen LogP contribution is -2.37. The second-order valence-electron chi connectivity index (χ2n) is 4.92. The molecule has 1 aliphatic rings. The molecule has 0 aliphatic carbocycles. The molecule has 1 aliphatic heterocycles. The number of morpholine rings is 1. The van der Waals surface area contributed by atoms with Crippen molar-refractivity contribution in [2.45, 2.75) is 6.92 Å². The Morgan fingerprint density at radius 1 is 1.23 bits per heavy atom. The molecule has 3 rings (SSSR count). The molecule has 22 heavy (non-hydrogen) atoms. The molecule has 0 spiro atoms. The first-order valence-electron chi connectivity index (χ1n) is 7.37. The Morgan fingerprint density at radius 2 is 1.91 bits per heavy atom. The van der Waals surface area contributed by atoms with E-state index in [1.807, 2.05) is 36.6 Å². The van der Waals surface area contributed by atoms with Gasteiger partial charge in [-0.25, -0.2) is 9.97 Å². The Labute approximate surface area is 134 Å². The lowest BCUT2D eigenvalue weighted by Gasteiger charge is -2.29. The molecule has 1 aromatic carbocycles. The largest absolute Gasteiger partial charge is 0.378 e. The van der Waals surface area contributed by atoms with Crippen LogP contribution in [0.15, 0.2) is 42.3 Å². The summed E-state index contributed by atoms with van der Waals surface area (Å²) in [7, 11) is 0. The van der Waals surface area contributed by atoms with E-state index in [-0.39, 0.29) is 0 Å². The van der Waals surface area contributed by atoms with E-state index in [9.17, 15) is 0 Å². The lowest BCUT2D eigenvalue weighted by molar-refractivity contribution is 0.122. The van der Waals surface area contributed by atoms with Crippen molar-refractivity contribution in [1.29, 1.82) is 0 Å². The summed E-state index contributed by atoms with van der Waals surface area (Å²) >= 11 is 1.58. The molecule has 0 N–H and O–H groups in total. The van der Waals surface area contributed by atoms with Gasteiger partial charge in [-0.2, -0.15) is 0 Å². The minimum absolute atomic E-state index is 0.730. The van der Waals surface area contributed by atoms with Crippen LogP contribution in [0.25, 0.3) is 15.9 Å². The molecular weight excluding hydrogens is 294 g/mol. The van der Waals surface area contributed by atoms with Crippen LogP contribution in [0.4, 0.5) is 5.82 Å². The number of rotatable bonds is 4. The fraction of sp³-hybridized carbons (Fsp3) is 0.294. The van der Waals surface area contributed by atoms with Crippen LogP contribution in [0, 0.1) is 0 Å². The lowest BCUT2D eigenvalue weighted by atomic mass is 10.2. The van der Waals surface area contributed by atoms with Crippen LogP contribution in [0.1, 0.15) is 12.6 Å². The van der Waals surface area contributed by atoms with Crippen LogP contribution in [-0.2, 0) is 4.74 Å². The topological polar surface area (TPSA) is 38.2 Å². The molecule has 0 radical (unpaired) electrons. The summed E-state index contributed by atoms with van der Waals surface area (Å²) in [5.41, 5.74) is 2.76. The Morgan fingerprint density at radius 3 is 2.55 bits per heavy atom. The third-order valence-electron chi connectivity index (χ3n) is 3.57. The summed E-state index contributed by atoms with van der Waals surface area (Å²) in [4.78, 5) is 13.1. The summed E-state index contributed by atoms with van der Waals surface area (Å²) in [6, 6.07) is 7.99. The van der Waals surface area contributed by atoms with Crippen LogP contribution < -0.4 is 4.90 Å². The van der Waals surface area contributed by atoms with Gasteiger partial charge in [-0.3, -0.25) is 0 Å². The van der Waals surface area contributed by atoms with Gasteiger partial charge in [0.15, 0.2) is 5.82 Å². The first-order chi connectivity index (χ1) is 10.8. The number of hydrogen-bond acceptors (Lipinski definition) is 5. The van der Waals surface area contributed by atoms with Crippen molar-refractivity contribution in [2.75, 3.05) is 31.2 Å². The molecule has 1 fully saturated rings. The number of allylic oxidation sites excluding steroid dienone is 1. The molecule has 114 valence electrons. The Bertz CT molecular complexity index is 708. The first kappa shape index (κ1) is 15.1. The summed E-state index contributed by atoms with van der Waals surface area (Å²) in [5, 5.41) is 1.83. The number of nitrogens with zero attached hydrogens (tertiary/aromatic N) is 3. The molecule has 1 saturated heterocycles. The van der Waals surface area contributed by atoms with Crippen LogP contribution >= 0.6 is 11.8 Å². The van der Waals surface area contributed by atoms with Gasteiger partial charge >= 0.3 is 0 Å². The van der Waals surface area contributed by atoms with Gasteiger partial charge in [0.05, 0.1) is 24.2 Å². The van der Waals surface area contributed by atoms with Crippen LogP contribution in [0.3, 0.4) is 0 Å². The van der Waals surface area contributed by atoms with E-state index in [0.717, 1.165) is 53.8 Å². The number of anilines is 1. The fourth-order valence-corrected chi connectivity index (χ4v) is 3.07. The number of para-hydroxylation sites is 2. The minimum Gasteiger partial charge on any atom is -0.378 e. The molecule has 0 bridgehead atoms. The first-order valence-corrected chi connectivity index (χ1v) is 8.25. The van der Waals surface area contributed by atoms with Crippen molar-refractivity contribution in [3.05, 3.63) is 48.0 Å². The van der Waals surface area contributed by atoms with Crippen molar-refractivity contribution in [3.63, 3.8) is 0 Å². The van der Waals surface area contributed by atoms with Gasteiger partial charge in [0, 0.05) is 18.0 Å². The minimum atomic E-state index is 0.730. The Kier molecular flexibility index (Phi) is 4.75. The molecule has 5 heteroatoms. The highest BCUT2D eigenvalue weighted by atomic mass is 32.2. The molecule has 0 saturated carbocycles. The molecule has 1 aromatic heterocycles. The molecule has 0 unspecified atom stereocenters. The summed E-state index contributed by atoms with van der Waals surface area (Å²) in [6.45, 7) is 8.98. The number of ether oxygens (including phenoxy) is 1. The third kappa shape index (κ3) is 3.00. The predicted molar refractivity (Wildman–Crippen MR) is 94.0 cm³/mol. The highest BCUT2D eigenvalue weighted by Crippen LogP contribution is 2.34. The van der Waals surface area contributed by atoms with E-state index >= 15 is 0 Å². The molecule has 4 nitrogen and oxygen atoms in total. The van der Waals surface area contributed by atoms with Crippen molar-refractivity contribution in [1.82, 2.24) is 9.97 Å². The average Bonchev–Trinajstić information content (AvgIpc) is 2.59. The molecule has 0 amide bonds. The SMILES string of the molecule is C=CS/C(=C\C)c1nc2ccccc2nc1N1CCOCC1. The smallest absolute Gasteiger partial charge is 0.156 e. The second-order valence-corrected chi connectivity index (χ2v) is 5.93. The quantitative estimate of drug-likeness (QED) is 0.860. The van der Waals surface area contributed by atoms with Crippen LogP contribution in [0.2, 0.25) is 0 Å². The zero-order chi connectivity index (χ0) is 15.4. The number of aromatic nitrogens is 2. The molecule has 2 aromatic rings. The Hall–Kier alpha value is -1.85.